The summed E-state index contributed by atoms with van der Waals surface area (Å²) in [5, 5.41) is 0. The molecule has 0 unspecified atom stereocenters. The fraction of sp³-hybridized carbons (Fsp3) is 0.250. The van der Waals surface area contributed by atoms with Crippen LogP contribution in [0.4, 0.5) is 17.6 Å². The van der Waals surface area contributed by atoms with E-state index in [0.717, 1.165) is 6.07 Å². The van der Waals surface area contributed by atoms with Gasteiger partial charge in [-0.2, -0.15) is 13.2 Å². The van der Waals surface area contributed by atoms with Gasteiger partial charge in [0.25, 0.3) is 0 Å². The van der Waals surface area contributed by atoms with Gasteiger partial charge in [-0.05, 0) is 24.6 Å². The molecule has 0 amide bonds. The quantitative estimate of drug-likeness (QED) is 0.618. The third-order valence-electron chi connectivity index (χ3n) is 1.47. The minimum atomic E-state index is -4.66. The van der Waals surface area contributed by atoms with Gasteiger partial charge in [0.05, 0.1) is 0 Å². The minimum Gasteiger partial charge on any atom is -0.206 e. The highest BCUT2D eigenvalue weighted by molar-refractivity contribution is 9.10. The Hall–Kier alpha value is -0.580. The summed E-state index contributed by atoms with van der Waals surface area (Å²) in [5.41, 5.74) is -0.810. The smallest absolute Gasteiger partial charge is 0.206 e. The van der Waals surface area contributed by atoms with Crippen molar-refractivity contribution in [3.05, 3.63) is 33.5 Å². The van der Waals surface area contributed by atoms with Crippen LogP contribution >= 0.6 is 15.9 Å². The van der Waals surface area contributed by atoms with E-state index in [0.29, 0.717) is 5.56 Å². The largest absolute Gasteiger partial charge is 0.420 e. The number of aryl methyl sites for hydroxylation is 1. The molecule has 0 bridgehead atoms. The van der Waals surface area contributed by atoms with Crippen molar-refractivity contribution in [3.8, 4) is 0 Å². The monoisotopic (exact) mass is 256 g/mol. The number of hydrogen-bond acceptors (Lipinski definition) is 0. The molecule has 0 nitrogen and oxygen atoms in total. The zero-order chi connectivity index (χ0) is 10.2. The molecule has 1 aromatic carbocycles. The Labute approximate surface area is 80.7 Å². The van der Waals surface area contributed by atoms with E-state index in [1.165, 1.54) is 13.0 Å². The number of benzene rings is 1. The van der Waals surface area contributed by atoms with Gasteiger partial charge in [0.2, 0.25) is 0 Å². The van der Waals surface area contributed by atoms with Gasteiger partial charge in [0, 0.05) is 4.47 Å². The molecule has 0 aliphatic rings. The summed E-state index contributed by atoms with van der Waals surface area (Å²) in [4.78, 5) is 0. The highest BCUT2D eigenvalue weighted by Gasteiger charge is 2.36. The van der Waals surface area contributed by atoms with Crippen molar-refractivity contribution in [1.82, 2.24) is 0 Å². The number of hydrogen-bond donors (Lipinski definition) is 0. The SMILES string of the molecule is Cc1cc(F)c(C(F)(F)F)c(Br)c1. The molecule has 0 aliphatic carbocycles. The van der Waals surface area contributed by atoms with Gasteiger partial charge >= 0.3 is 6.18 Å². The second kappa shape index (κ2) is 3.29. The van der Waals surface area contributed by atoms with Crippen LogP contribution in [0.15, 0.2) is 16.6 Å². The molecule has 0 atom stereocenters. The molecule has 0 saturated heterocycles. The average molecular weight is 257 g/mol. The van der Waals surface area contributed by atoms with E-state index in [-0.39, 0.29) is 4.47 Å². The molecule has 0 fully saturated rings. The van der Waals surface area contributed by atoms with Crippen LogP contribution in [0.25, 0.3) is 0 Å². The van der Waals surface area contributed by atoms with E-state index in [4.69, 9.17) is 0 Å². The Morgan fingerprint density at radius 2 is 1.77 bits per heavy atom. The Kier molecular flexibility index (Phi) is 2.66. The fourth-order valence-electron chi connectivity index (χ4n) is 0.971. The van der Waals surface area contributed by atoms with Gasteiger partial charge in [-0.15, -0.1) is 0 Å². The van der Waals surface area contributed by atoms with Crippen LogP contribution in [0.3, 0.4) is 0 Å². The second-order valence-electron chi connectivity index (χ2n) is 2.60. The number of rotatable bonds is 0. The molecule has 0 radical (unpaired) electrons. The lowest BCUT2D eigenvalue weighted by Gasteiger charge is -2.10. The molecule has 5 heteroatoms. The molecular formula is C8H5BrF4. The predicted octanol–water partition coefficient (Wildman–Crippen LogP) is 3.92. The fourth-order valence-corrected chi connectivity index (χ4v) is 1.75. The van der Waals surface area contributed by atoms with Gasteiger partial charge in [0.15, 0.2) is 0 Å². The molecule has 0 N–H and O–H groups in total. The molecule has 0 spiro atoms. The molecule has 72 valence electrons. The molecule has 1 rings (SSSR count). The summed E-state index contributed by atoms with van der Waals surface area (Å²) in [6.45, 7) is 1.52. The topological polar surface area (TPSA) is 0 Å². The molecule has 0 aliphatic heterocycles. The predicted molar refractivity (Wildman–Crippen MR) is 43.8 cm³/mol. The highest BCUT2D eigenvalue weighted by Crippen LogP contribution is 2.37. The van der Waals surface area contributed by atoms with Crippen LogP contribution in [0.5, 0.6) is 0 Å². The van der Waals surface area contributed by atoms with Gasteiger partial charge in [-0.1, -0.05) is 15.9 Å². The van der Waals surface area contributed by atoms with Crippen molar-refractivity contribution >= 4 is 15.9 Å². The van der Waals surface area contributed by atoms with Gasteiger partial charge in [0.1, 0.15) is 11.4 Å². The van der Waals surface area contributed by atoms with Gasteiger partial charge < -0.3 is 0 Å². The van der Waals surface area contributed by atoms with Crippen molar-refractivity contribution in [2.75, 3.05) is 0 Å². The summed E-state index contributed by atoms with van der Waals surface area (Å²) in [5.74, 6) is -1.25. The molecule has 0 aromatic heterocycles. The first kappa shape index (κ1) is 10.5. The molecular weight excluding hydrogens is 252 g/mol. The van der Waals surface area contributed by atoms with E-state index in [9.17, 15) is 17.6 Å². The Morgan fingerprint density at radius 3 is 2.15 bits per heavy atom. The highest BCUT2D eigenvalue weighted by atomic mass is 79.9. The lowest BCUT2D eigenvalue weighted by molar-refractivity contribution is -0.140. The third-order valence-corrected chi connectivity index (χ3v) is 2.10. The maximum Gasteiger partial charge on any atom is 0.420 e. The van der Waals surface area contributed by atoms with E-state index in [1.807, 2.05) is 0 Å². The third kappa shape index (κ3) is 2.21. The van der Waals surface area contributed by atoms with Crippen molar-refractivity contribution in [2.24, 2.45) is 0 Å². The van der Waals surface area contributed by atoms with Crippen molar-refractivity contribution in [2.45, 2.75) is 13.1 Å². The van der Waals surface area contributed by atoms with Crippen molar-refractivity contribution < 1.29 is 17.6 Å². The summed E-state index contributed by atoms with van der Waals surface area (Å²) in [7, 11) is 0. The summed E-state index contributed by atoms with van der Waals surface area (Å²) < 4.78 is 49.1. The summed E-state index contributed by atoms with van der Waals surface area (Å²) >= 11 is 2.67. The Morgan fingerprint density at radius 1 is 1.23 bits per heavy atom. The molecule has 0 saturated carbocycles. The Bertz CT molecular complexity index is 306. The van der Waals surface area contributed by atoms with E-state index in [2.05, 4.69) is 15.9 Å². The average Bonchev–Trinajstić information content (AvgIpc) is 1.78. The van der Waals surface area contributed by atoms with Crippen molar-refractivity contribution in [1.29, 1.82) is 0 Å². The van der Waals surface area contributed by atoms with Crippen LogP contribution in [0.2, 0.25) is 0 Å². The van der Waals surface area contributed by atoms with Gasteiger partial charge in [-0.25, -0.2) is 4.39 Å². The van der Waals surface area contributed by atoms with E-state index >= 15 is 0 Å². The van der Waals surface area contributed by atoms with Crippen LogP contribution in [-0.4, -0.2) is 0 Å². The second-order valence-corrected chi connectivity index (χ2v) is 3.46. The first-order valence-electron chi connectivity index (χ1n) is 3.35. The normalized spacial score (nSPS) is 11.8. The first-order chi connectivity index (χ1) is 5.82. The van der Waals surface area contributed by atoms with Gasteiger partial charge in [-0.3, -0.25) is 0 Å². The minimum absolute atomic E-state index is 0.266. The van der Waals surface area contributed by atoms with Crippen LogP contribution < -0.4 is 0 Å². The van der Waals surface area contributed by atoms with Crippen LogP contribution in [0.1, 0.15) is 11.1 Å². The molecule has 0 heterocycles. The zero-order valence-electron chi connectivity index (χ0n) is 6.54. The lowest BCUT2D eigenvalue weighted by atomic mass is 10.1. The van der Waals surface area contributed by atoms with E-state index in [1.54, 1.807) is 0 Å². The standard InChI is InChI=1S/C8H5BrF4/c1-4-2-5(9)7(6(10)3-4)8(11,12)13/h2-3H,1H3. The molecule has 1 aromatic rings. The van der Waals surface area contributed by atoms with Crippen LogP contribution in [0, 0.1) is 12.7 Å². The lowest BCUT2D eigenvalue weighted by Crippen LogP contribution is -2.09. The van der Waals surface area contributed by atoms with E-state index < -0.39 is 17.6 Å². The number of alkyl halides is 3. The molecule has 13 heavy (non-hydrogen) atoms. The summed E-state index contributed by atoms with van der Waals surface area (Å²) in [6, 6.07) is 2.08. The number of halogens is 5. The first-order valence-corrected chi connectivity index (χ1v) is 4.14. The Balaban J connectivity index is 3.38. The van der Waals surface area contributed by atoms with Crippen molar-refractivity contribution in [3.63, 3.8) is 0 Å². The maximum absolute atomic E-state index is 12.9. The maximum atomic E-state index is 12.9. The zero-order valence-corrected chi connectivity index (χ0v) is 8.13. The van der Waals surface area contributed by atoms with Crippen LogP contribution in [-0.2, 0) is 6.18 Å². The summed E-state index contributed by atoms with van der Waals surface area (Å²) in [6.07, 6.45) is -4.66.